The van der Waals surface area contributed by atoms with Gasteiger partial charge in [-0.15, -0.1) is 11.3 Å². The van der Waals surface area contributed by atoms with Gasteiger partial charge in [0.25, 0.3) is 0 Å². The maximum absolute atomic E-state index is 11.1. The quantitative estimate of drug-likeness (QED) is 0.493. The van der Waals surface area contributed by atoms with E-state index in [0.717, 1.165) is 33.9 Å². The van der Waals surface area contributed by atoms with Gasteiger partial charge in [-0.2, -0.15) is 0 Å². The molecule has 0 bridgehead atoms. The highest BCUT2D eigenvalue weighted by atomic mass is 79.9. The lowest BCUT2D eigenvalue weighted by Crippen LogP contribution is -2.36. The number of carbonyl (C=O) groups is 1. The number of amides is 1. The number of ether oxygens (including phenoxy) is 1. The third-order valence-corrected chi connectivity index (χ3v) is 5.93. The van der Waals surface area contributed by atoms with Gasteiger partial charge in [-0.05, 0) is 40.9 Å². The minimum absolute atomic E-state index is 0.273. The molecule has 1 amide bonds. The molecule has 3 aromatic rings. The largest absolute Gasteiger partial charge is 0.465 e. The molecule has 1 aliphatic rings. The summed E-state index contributed by atoms with van der Waals surface area (Å²) in [6, 6.07) is 11.4. The second kappa shape index (κ2) is 8.79. The van der Waals surface area contributed by atoms with Gasteiger partial charge in [0, 0.05) is 41.1 Å². The lowest BCUT2D eigenvalue weighted by molar-refractivity contribution is 0.132. The molecule has 1 aromatic carbocycles. The van der Waals surface area contributed by atoms with Crippen LogP contribution in [0, 0.1) is 0 Å². The van der Waals surface area contributed by atoms with Crippen molar-refractivity contribution in [2.24, 2.45) is 0 Å². The number of nitrogens with one attached hydrogen (secondary N) is 1. The molecule has 0 atom stereocenters. The number of likely N-dealkylation sites (tertiary alicyclic amines) is 1. The number of carboxylic acid groups (broad SMARTS) is 1. The molecule has 9 heteroatoms. The number of aromatic nitrogens is 2. The van der Waals surface area contributed by atoms with Crippen molar-refractivity contribution in [1.82, 2.24) is 14.9 Å². The van der Waals surface area contributed by atoms with Crippen molar-refractivity contribution in [2.75, 3.05) is 18.4 Å². The first kappa shape index (κ1) is 19.7. The van der Waals surface area contributed by atoms with E-state index in [0.29, 0.717) is 24.7 Å². The zero-order valence-electron chi connectivity index (χ0n) is 15.4. The summed E-state index contributed by atoms with van der Waals surface area (Å²) in [6.07, 6.45) is 2.43. The first-order valence-corrected chi connectivity index (χ1v) is 10.8. The van der Waals surface area contributed by atoms with Crippen LogP contribution in [0.2, 0.25) is 0 Å². The Kier molecular flexibility index (Phi) is 5.96. The first-order chi connectivity index (χ1) is 14.1. The predicted molar refractivity (Wildman–Crippen MR) is 115 cm³/mol. The maximum Gasteiger partial charge on any atom is 0.407 e. The topological polar surface area (TPSA) is 87.6 Å². The Labute approximate surface area is 180 Å². The molecule has 0 aliphatic carbocycles. The van der Waals surface area contributed by atoms with Gasteiger partial charge in [0.1, 0.15) is 5.75 Å². The van der Waals surface area contributed by atoms with Crippen molar-refractivity contribution in [3.8, 4) is 11.5 Å². The fraction of sp³-hybridized carbons (Fsp3) is 0.250. The number of thiazole rings is 1. The molecular formula is C20H19BrN4O3S. The zero-order chi connectivity index (χ0) is 20.2. The van der Waals surface area contributed by atoms with Gasteiger partial charge in [-0.1, -0.05) is 18.2 Å². The number of benzene rings is 1. The zero-order valence-corrected chi connectivity index (χ0v) is 17.8. The van der Waals surface area contributed by atoms with Crippen LogP contribution in [0.5, 0.6) is 11.5 Å². The summed E-state index contributed by atoms with van der Waals surface area (Å²) in [4.78, 5) is 21.7. The summed E-state index contributed by atoms with van der Waals surface area (Å²) in [5, 5.41) is 15.1. The summed E-state index contributed by atoms with van der Waals surface area (Å²) >= 11 is 4.94. The minimum atomic E-state index is -0.851. The van der Waals surface area contributed by atoms with Gasteiger partial charge >= 0.3 is 6.09 Å². The molecule has 3 heterocycles. The number of piperidine rings is 1. The van der Waals surface area contributed by atoms with E-state index in [1.54, 1.807) is 6.20 Å². The SMILES string of the molecule is O=C(O)N1CCC(c2csc(Nc3ncc(Br)cc3Oc3ccccc3)n2)CC1. The number of anilines is 2. The number of halogens is 1. The van der Waals surface area contributed by atoms with E-state index in [2.05, 4.69) is 26.2 Å². The average Bonchev–Trinajstić information content (AvgIpc) is 3.19. The molecule has 7 nitrogen and oxygen atoms in total. The Balaban J connectivity index is 1.47. The molecule has 2 N–H and O–H groups in total. The molecule has 0 unspecified atom stereocenters. The second-order valence-corrected chi connectivity index (χ2v) is 8.44. The Bertz CT molecular complexity index is 990. The molecule has 0 spiro atoms. The van der Waals surface area contributed by atoms with Crippen LogP contribution < -0.4 is 10.1 Å². The molecular weight excluding hydrogens is 456 g/mol. The van der Waals surface area contributed by atoms with Gasteiger partial charge in [-0.3, -0.25) is 0 Å². The van der Waals surface area contributed by atoms with Crippen molar-refractivity contribution in [1.29, 1.82) is 0 Å². The molecule has 1 fully saturated rings. The van der Waals surface area contributed by atoms with Crippen LogP contribution >= 0.6 is 27.3 Å². The highest BCUT2D eigenvalue weighted by Gasteiger charge is 2.25. The predicted octanol–water partition coefficient (Wildman–Crippen LogP) is 5.69. The van der Waals surface area contributed by atoms with Crippen molar-refractivity contribution in [3.63, 3.8) is 0 Å². The van der Waals surface area contributed by atoms with Crippen LogP contribution in [0.15, 0.2) is 52.4 Å². The van der Waals surface area contributed by atoms with Crippen molar-refractivity contribution in [2.45, 2.75) is 18.8 Å². The van der Waals surface area contributed by atoms with E-state index in [-0.39, 0.29) is 5.92 Å². The summed E-state index contributed by atoms with van der Waals surface area (Å²) in [6.45, 7) is 1.09. The molecule has 2 aromatic heterocycles. The van der Waals surface area contributed by atoms with Crippen LogP contribution in [0.4, 0.5) is 15.7 Å². The number of pyridine rings is 1. The third-order valence-electron chi connectivity index (χ3n) is 4.72. The van der Waals surface area contributed by atoms with E-state index >= 15 is 0 Å². The van der Waals surface area contributed by atoms with Crippen molar-refractivity contribution < 1.29 is 14.6 Å². The van der Waals surface area contributed by atoms with Crippen LogP contribution in [-0.4, -0.2) is 39.2 Å². The van der Waals surface area contributed by atoms with Gasteiger partial charge in [0.2, 0.25) is 0 Å². The van der Waals surface area contributed by atoms with E-state index in [1.807, 2.05) is 41.8 Å². The highest BCUT2D eigenvalue weighted by molar-refractivity contribution is 9.10. The van der Waals surface area contributed by atoms with Gasteiger partial charge < -0.3 is 20.1 Å². The summed E-state index contributed by atoms with van der Waals surface area (Å²) in [5.74, 6) is 2.17. The van der Waals surface area contributed by atoms with Gasteiger partial charge in [0.05, 0.1) is 5.69 Å². The lowest BCUT2D eigenvalue weighted by atomic mass is 9.94. The summed E-state index contributed by atoms with van der Waals surface area (Å²) in [7, 11) is 0. The normalized spacial score (nSPS) is 14.6. The Hall–Kier alpha value is -2.65. The summed E-state index contributed by atoms with van der Waals surface area (Å²) in [5.41, 5.74) is 0.991. The Morgan fingerprint density at radius 3 is 2.76 bits per heavy atom. The summed E-state index contributed by atoms with van der Waals surface area (Å²) < 4.78 is 6.80. The highest BCUT2D eigenvalue weighted by Crippen LogP contribution is 2.35. The van der Waals surface area contributed by atoms with E-state index in [4.69, 9.17) is 14.8 Å². The number of hydrogen-bond donors (Lipinski definition) is 2. The van der Waals surface area contributed by atoms with Crippen LogP contribution in [-0.2, 0) is 0 Å². The van der Waals surface area contributed by atoms with Crippen molar-refractivity contribution >= 4 is 44.3 Å². The molecule has 29 heavy (non-hydrogen) atoms. The Morgan fingerprint density at radius 1 is 1.28 bits per heavy atom. The lowest BCUT2D eigenvalue weighted by Gasteiger charge is -2.28. The standard InChI is InChI=1S/C20H19BrN4O3S/c21-14-10-17(28-15-4-2-1-3-5-15)18(22-11-14)24-19-23-16(12-29-19)13-6-8-25(9-7-13)20(26)27/h1-5,10-13H,6-9H2,(H,26,27)(H,22,23,24). The molecule has 0 saturated carbocycles. The van der Waals surface area contributed by atoms with Gasteiger partial charge in [0.15, 0.2) is 16.7 Å². The molecule has 0 radical (unpaired) electrons. The third kappa shape index (κ3) is 4.86. The fourth-order valence-corrected chi connectivity index (χ4v) is 4.31. The van der Waals surface area contributed by atoms with Crippen LogP contribution in [0.25, 0.3) is 0 Å². The number of rotatable bonds is 5. The Morgan fingerprint density at radius 2 is 2.03 bits per heavy atom. The molecule has 150 valence electrons. The number of hydrogen-bond acceptors (Lipinski definition) is 6. The van der Waals surface area contributed by atoms with Gasteiger partial charge in [-0.25, -0.2) is 14.8 Å². The molecule has 4 rings (SSSR count). The maximum atomic E-state index is 11.1. The number of nitrogens with zero attached hydrogens (tertiary/aromatic N) is 3. The van der Waals surface area contributed by atoms with E-state index in [9.17, 15) is 4.79 Å². The monoisotopic (exact) mass is 474 g/mol. The average molecular weight is 475 g/mol. The first-order valence-electron chi connectivity index (χ1n) is 9.17. The van der Waals surface area contributed by atoms with E-state index < -0.39 is 6.09 Å². The van der Waals surface area contributed by atoms with Crippen LogP contribution in [0.1, 0.15) is 24.5 Å². The smallest absolute Gasteiger partial charge is 0.407 e. The molecule has 1 saturated heterocycles. The van der Waals surface area contributed by atoms with Crippen molar-refractivity contribution in [3.05, 3.63) is 58.1 Å². The van der Waals surface area contributed by atoms with Crippen LogP contribution in [0.3, 0.4) is 0 Å². The second-order valence-electron chi connectivity index (χ2n) is 6.66. The minimum Gasteiger partial charge on any atom is -0.465 e. The number of para-hydroxylation sites is 1. The van der Waals surface area contributed by atoms with E-state index in [1.165, 1.54) is 16.2 Å². The fourth-order valence-electron chi connectivity index (χ4n) is 3.21. The molecule has 1 aliphatic heterocycles.